The molecule has 0 spiro atoms. The first-order valence-electron chi connectivity index (χ1n) is 9.03. The molecule has 0 aliphatic carbocycles. The quantitative estimate of drug-likeness (QED) is 0.512. The number of benzene rings is 2. The molecular weight excluding hydrogens is 404 g/mol. The van der Waals surface area contributed by atoms with Crippen molar-refractivity contribution in [3.8, 4) is 5.88 Å². The molecule has 8 nitrogen and oxygen atoms in total. The minimum atomic E-state index is -3.72. The molecule has 30 heavy (non-hydrogen) atoms. The lowest BCUT2D eigenvalue weighted by Crippen LogP contribution is -2.23. The molecule has 0 fully saturated rings. The van der Waals surface area contributed by atoms with Crippen LogP contribution in [0.2, 0.25) is 0 Å². The predicted octanol–water partition coefficient (Wildman–Crippen LogP) is 2.65. The smallest absolute Gasteiger partial charge is 0.274 e. The second kappa shape index (κ2) is 7.96. The second-order valence-electron chi connectivity index (χ2n) is 6.54. The Hall–Kier alpha value is -3.72. The van der Waals surface area contributed by atoms with E-state index in [1.165, 1.54) is 30.1 Å². The van der Waals surface area contributed by atoms with Crippen LogP contribution in [0.15, 0.2) is 82.7 Å². The van der Waals surface area contributed by atoms with Crippen LogP contribution < -0.4 is 15.0 Å². The standard InChI is InChI=1S/C21H18N4O4S/c1-29-20-10-7-15(12-22-20)14-25-21(26)19-9-8-17(11-16(19)13-23-25)24-30(27,28)18-5-3-2-4-6-18/h2-13,24H,14H2,1H3. The summed E-state index contributed by atoms with van der Waals surface area (Å²) in [6, 6.07) is 16.3. The van der Waals surface area contributed by atoms with Gasteiger partial charge in [-0.1, -0.05) is 24.3 Å². The lowest BCUT2D eigenvalue weighted by molar-refractivity contribution is 0.397. The lowest BCUT2D eigenvalue weighted by atomic mass is 10.2. The molecule has 2 heterocycles. The van der Waals surface area contributed by atoms with Crippen molar-refractivity contribution in [2.45, 2.75) is 11.4 Å². The maximum Gasteiger partial charge on any atom is 0.274 e. The van der Waals surface area contributed by atoms with Crippen LogP contribution in [-0.4, -0.2) is 30.3 Å². The summed E-state index contributed by atoms with van der Waals surface area (Å²) in [6.45, 7) is 0.258. The Balaban J connectivity index is 1.61. The number of aromatic nitrogens is 3. The second-order valence-corrected chi connectivity index (χ2v) is 8.22. The van der Waals surface area contributed by atoms with E-state index < -0.39 is 10.0 Å². The van der Waals surface area contributed by atoms with Gasteiger partial charge in [0, 0.05) is 23.3 Å². The molecule has 0 saturated carbocycles. The first-order valence-corrected chi connectivity index (χ1v) is 10.5. The van der Waals surface area contributed by atoms with Crippen LogP contribution >= 0.6 is 0 Å². The van der Waals surface area contributed by atoms with Gasteiger partial charge >= 0.3 is 0 Å². The van der Waals surface area contributed by atoms with Gasteiger partial charge in [-0.05, 0) is 35.9 Å². The highest BCUT2D eigenvalue weighted by Crippen LogP contribution is 2.20. The Morgan fingerprint density at radius 2 is 1.83 bits per heavy atom. The third kappa shape index (κ3) is 4.01. The van der Waals surface area contributed by atoms with Crippen molar-refractivity contribution in [2.75, 3.05) is 11.8 Å². The Kier molecular flexibility index (Phi) is 5.20. The van der Waals surface area contributed by atoms with Crippen molar-refractivity contribution < 1.29 is 13.2 Å². The molecule has 0 radical (unpaired) electrons. The summed E-state index contributed by atoms with van der Waals surface area (Å²) in [5.74, 6) is 0.489. The highest BCUT2D eigenvalue weighted by atomic mass is 32.2. The summed E-state index contributed by atoms with van der Waals surface area (Å²) < 4.78 is 33.9. The molecular formula is C21H18N4O4S. The fraction of sp³-hybridized carbons (Fsp3) is 0.0952. The summed E-state index contributed by atoms with van der Waals surface area (Å²) in [6.07, 6.45) is 3.16. The molecule has 2 aromatic heterocycles. The molecule has 9 heteroatoms. The van der Waals surface area contributed by atoms with E-state index in [0.717, 1.165) is 5.56 Å². The van der Waals surface area contributed by atoms with Crippen LogP contribution in [0.5, 0.6) is 5.88 Å². The van der Waals surface area contributed by atoms with Gasteiger partial charge in [-0.2, -0.15) is 5.10 Å². The van der Waals surface area contributed by atoms with Crippen LogP contribution in [0.4, 0.5) is 5.69 Å². The van der Waals surface area contributed by atoms with Crippen molar-refractivity contribution in [1.29, 1.82) is 0 Å². The highest BCUT2D eigenvalue weighted by Gasteiger charge is 2.14. The molecule has 0 saturated heterocycles. The minimum absolute atomic E-state index is 0.159. The molecule has 2 aromatic carbocycles. The van der Waals surface area contributed by atoms with Gasteiger partial charge in [0.05, 0.1) is 30.1 Å². The summed E-state index contributed by atoms with van der Waals surface area (Å²) in [4.78, 5) is 17.1. The normalized spacial score (nSPS) is 11.4. The van der Waals surface area contributed by atoms with Crippen molar-refractivity contribution in [2.24, 2.45) is 0 Å². The van der Waals surface area contributed by atoms with E-state index >= 15 is 0 Å². The number of pyridine rings is 1. The van der Waals surface area contributed by atoms with Crippen molar-refractivity contribution in [3.05, 3.63) is 89.0 Å². The lowest BCUT2D eigenvalue weighted by Gasteiger charge is -2.10. The molecule has 0 aliphatic rings. The molecule has 0 atom stereocenters. The van der Waals surface area contributed by atoms with Crippen LogP contribution in [0.3, 0.4) is 0 Å². The van der Waals surface area contributed by atoms with E-state index in [9.17, 15) is 13.2 Å². The third-order valence-electron chi connectivity index (χ3n) is 4.50. The zero-order chi connectivity index (χ0) is 21.1. The third-order valence-corrected chi connectivity index (χ3v) is 5.89. The fourth-order valence-electron chi connectivity index (χ4n) is 2.98. The average molecular weight is 422 g/mol. The van der Waals surface area contributed by atoms with Crippen molar-refractivity contribution >= 4 is 26.5 Å². The Bertz CT molecular complexity index is 1350. The van der Waals surface area contributed by atoms with E-state index in [1.807, 2.05) is 6.07 Å². The van der Waals surface area contributed by atoms with Gasteiger partial charge < -0.3 is 4.74 Å². The number of nitrogens with zero attached hydrogens (tertiary/aromatic N) is 3. The molecule has 0 amide bonds. The summed E-state index contributed by atoms with van der Waals surface area (Å²) >= 11 is 0. The molecule has 0 unspecified atom stereocenters. The molecule has 152 valence electrons. The number of rotatable bonds is 6. The number of ether oxygens (including phenoxy) is 1. The van der Waals surface area contributed by atoms with Crippen LogP contribution in [0.25, 0.3) is 10.8 Å². The molecule has 0 aliphatic heterocycles. The zero-order valence-electron chi connectivity index (χ0n) is 16.0. The van der Waals surface area contributed by atoms with Gasteiger partial charge in [-0.15, -0.1) is 0 Å². The van der Waals surface area contributed by atoms with Crippen LogP contribution in [0, 0.1) is 0 Å². The van der Waals surface area contributed by atoms with E-state index in [1.54, 1.807) is 48.7 Å². The molecule has 4 aromatic rings. The zero-order valence-corrected chi connectivity index (χ0v) is 16.8. The van der Waals surface area contributed by atoms with Crippen molar-refractivity contribution in [1.82, 2.24) is 14.8 Å². The monoisotopic (exact) mass is 422 g/mol. The maximum absolute atomic E-state index is 12.8. The van der Waals surface area contributed by atoms with Gasteiger partial charge in [-0.3, -0.25) is 9.52 Å². The van der Waals surface area contributed by atoms with Gasteiger partial charge in [-0.25, -0.2) is 18.1 Å². The average Bonchev–Trinajstić information content (AvgIpc) is 2.76. The van der Waals surface area contributed by atoms with Crippen molar-refractivity contribution in [3.63, 3.8) is 0 Å². The number of methoxy groups -OCH3 is 1. The first kappa shape index (κ1) is 19.6. The Morgan fingerprint density at radius 1 is 1.03 bits per heavy atom. The number of hydrogen-bond donors (Lipinski definition) is 1. The topological polar surface area (TPSA) is 103 Å². The molecule has 1 N–H and O–H groups in total. The fourth-order valence-corrected chi connectivity index (χ4v) is 4.05. The molecule has 0 bridgehead atoms. The number of anilines is 1. The predicted molar refractivity (Wildman–Crippen MR) is 113 cm³/mol. The highest BCUT2D eigenvalue weighted by molar-refractivity contribution is 7.92. The summed E-state index contributed by atoms with van der Waals surface area (Å²) in [5.41, 5.74) is 0.877. The van der Waals surface area contributed by atoms with E-state index in [4.69, 9.17) is 4.74 Å². The van der Waals surface area contributed by atoms with Gasteiger partial charge in [0.25, 0.3) is 15.6 Å². The molecule has 4 rings (SSSR count). The first-order chi connectivity index (χ1) is 14.5. The number of fused-ring (bicyclic) bond motifs is 1. The van der Waals surface area contributed by atoms with Gasteiger partial charge in [0.15, 0.2) is 0 Å². The Labute approximate surface area is 172 Å². The van der Waals surface area contributed by atoms with E-state index in [2.05, 4.69) is 14.8 Å². The maximum atomic E-state index is 12.8. The largest absolute Gasteiger partial charge is 0.481 e. The Morgan fingerprint density at radius 3 is 2.53 bits per heavy atom. The van der Waals surface area contributed by atoms with Gasteiger partial charge in [0.2, 0.25) is 5.88 Å². The SMILES string of the molecule is COc1ccc(Cn2ncc3cc(NS(=O)(=O)c4ccccc4)ccc3c2=O)cn1. The minimum Gasteiger partial charge on any atom is -0.481 e. The number of sulfonamides is 1. The number of hydrogen-bond acceptors (Lipinski definition) is 6. The van der Waals surface area contributed by atoms with Crippen LogP contribution in [-0.2, 0) is 16.6 Å². The van der Waals surface area contributed by atoms with E-state index in [-0.39, 0.29) is 17.0 Å². The van der Waals surface area contributed by atoms with Gasteiger partial charge in [0.1, 0.15) is 0 Å². The van der Waals surface area contributed by atoms with E-state index in [0.29, 0.717) is 22.3 Å². The summed E-state index contributed by atoms with van der Waals surface area (Å²) in [5, 5.41) is 5.19. The van der Waals surface area contributed by atoms with Crippen LogP contribution in [0.1, 0.15) is 5.56 Å². The summed E-state index contributed by atoms with van der Waals surface area (Å²) in [7, 11) is -2.18. The number of nitrogens with one attached hydrogen (secondary N) is 1.